The number of rotatable bonds is 4. The van der Waals surface area contributed by atoms with Gasteiger partial charge in [0.25, 0.3) is 0 Å². The van der Waals surface area contributed by atoms with E-state index in [0.717, 1.165) is 4.73 Å². The molecule has 0 aliphatic heterocycles. The van der Waals surface area contributed by atoms with Gasteiger partial charge in [0.1, 0.15) is 6.33 Å². The van der Waals surface area contributed by atoms with E-state index in [-0.39, 0.29) is 0 Å². The zero-order chi connectivity index (χ0) is 9.90. The number of phosphoric acid groups is 1. The minimum absolute atomic E-state index is 0.357. The van der Waals surface area contributed by atoms with Gasteiger partial charge in [0.15, 0.2) is 0 Å². The second kappa shape index (κ2) is 3.89. The molecule has 1 aromatic heterocycles. The zero-order valence-corrected chi connectivity index (χ0v) is 7.59. The Bertz CT molecular complexity index is 319. The van der Waals surface area contributed by atoms with Gasteiger partial charge in [-0.1, -0.05) is 0 Å². The summed E-state index contributed by atoms with van der Waals surface area (Å²) in [5.41, 5.74) is 5.78. The highest BCUT2D eigenvalue weighted by molar-refractivity contribution is 7.46. The van der Waals surface area contributed by atoms with Crippen molar-refractivity contribution in [2.24, 2.45) is 5.73 Å². The molecule has 0 bridgehead atoms. The van der Waals surface area contributed by atoms with Gasteiger partial charge in [0.2, 0.25) is 0 Å². The molecule has 74 valence electrons. The lowest BCUT2D eigenvalue weighted by molar-refractivity contribution is 0.172. The van der Waals surface area contributed by atoms with Crippen LogP contribution in [0.2, 0.25) is 0 Å². The summed E-state index contributed by atoms with van der Waals surface area (Å²) in [5, 5.41) is 0. The first-order valence-corrected chi connectivity index (χ1v) is 5.03. The average Bonchev–Trinajstić information content (AvgIpc) is 2.34. The fraction of sp³-hybridized carbons (Fsp3) is 0.400. The summed E-state index contributed by atoms with van der Waals surface area (Å²) in [5.74, 6) is 0. The van der Waals surface area contributed by atoms with Gasteiger partial charge >= 0.3 is 7.82 Å². The predicted octanol–water partition coefficient (Wildman–Crippen LogP) is -1.09. The van der Waals surface area contributed by atoms with Crippen LogP contribution in [-0.4, -0.2) is 26.0 Å². The summed E-state index contributed by atoms with van der Waals surface area (Å²) >= 11 is 0. The zero-order valence-electron chi connectivity index (χ0n) is 6.70. The first-order chi connectivity index (χ1) is 6.03. The number of aromatic nitrogens is 2. The first kappa shape index (κ1) is 10.2. The van der Waals surface area contributed by atoms with Crippen LogP contribution in [0.1, 0.15) is 5.69 Å². The van der Waals surface area contributed by atoms with Crippen molar-refractivity contribution >= 4 is 7.82 Å². The highest BCUT2D eigenvalue weighted by atomic mass is 31.2. The molecule has 0 amide bonds. The predicted molar refractivity (Wildman–Crippen MR) is 43.6 cm³/mol. The van der Waals surface area contributed by atoms with Crippen LogP contribution in [0.5, 0.6) is 0 Å². The molecule has 13 heavy (non-hydrogen) atoms. The summed E-state index contributed by atoms with van der Waals surface area (Å²) in [4.78, 5) is 20.6. The van der Waals surface area contributed by atoms with Crippen molar-refractivity contribution < 1.29 is 19.0 Å². The minimum atomic E-state index is -4.52. The second-order valence-electron chi connectivity index (χ2n) is 2.32. The normalized spacial score (nSPS) is 11.6. The standard InChI is InChI=1S/C5H10N3O4P/c6-2-1-5-3-7-4-8(5)12-13(9,10)11/h3-4H,1-2,6H2,(H2,9,10,11). The molecule has 0 spiro atoms. The minimum Gasteiger partial charge on any atom is -0.330 e. The quantitative estimate of drug-likeness (QED) is 0.541. The molecule has 1 rings (SSSR count). The van der Waals surface area contributed by atoms with Crippen LogP contribution >= 0.6 is 7.82 Å². The van der Waals surface area contributed by atoms with E-state index in [1.54, 1.807) is 0 Å². The molecule has 0 radical (unpaired) electrons. The molecule has 0 aromatic carbocycles. The van der Waals surface area contributed by atoms with E-state index in [1.807, 2.05) is 0 Å². The highest BCUT2D eigenvalue weighted by Gasteiger charge is 2.17. The number of imidazole rings is 1. The third-order valence-corrected chi connectivity index (χ3v) is 1.66. The Hall–Kier alpha value is -0.880. The maximum Gasteiger partial charge on any atom is 0.543 e. The lowest BCUT2D eigenvalue weighted by Gasteiger charge is -2.08. The summed E-state index contributed by atoms with van der Waals surface area (Å²) in [6.07, 6.45) is 3.05. The van der Waals surface area contributed by atoms with Crippen molar-refractivity contribution in [2.75, 3.05) is 6.54 Å². The van der Waals surface area contributed by atoms with Crippen molar-refractivity contribution in [1.82, 2.24) is 9.71 Å². The lowest BCUT2D eigenvalue weighted by Crippen LogP contribution is -2.13. The van der Waals surface area contributed by atoms with E-state index in [9.17, 15) is 4.57 Å². The van der Waals surface area contributed by atoms with Gasteiger partial charge in [0.05, 0.1) is 11.9 Å². The van der Waals surface area contributed by atoms with Gasteiger partial charge in [-0.15, -0.1) is 0 Å². The van der Waals surface area contributed by atoms with Crippen LogP contribution in [-0.2, 0) is 11.0 Å². The Balaban J connectivity index is 2.76. The topological polar surface area (TPSA) is 111 Å². The summed E-state index contributed by atoms with van der Waals surface area (Å²) < 4.78 is 15.7. The fourth-order valence-corrected chi connectivity index (χ4v) is 1.20. The van der Waals surface area contributed by atoms with Gasteiger partial charge in [-0.05, 0) is 6.54 Å². The SMILES string of the molecule is NCCc1cncn1OP(=O)(O)O. The Kier molecular flexibility index (Phi) is 3.05. The van der Waals surface area contributed by atoms with Crippen molar-refractivity contribution in [2.45, 2.75) is 6.42 Å². The average molecular weight is 207 g/mol. The molecular weight excluding hydrogens is 197 g/mol. The molecule has 1 aromatic rings. The van der Waals surface area contributed by atoms with E-state index < -0.39 is 7.82 Å². The Morgan fingerprint density at radius 1 is 1.69 bits per heavy atom. The number of hydrogen-bond donors (Lipinski definition) is 3. The second-order valence-corrected chi connectivity index (χ2v) is 3.47. The van der Waals surface area contributed by atoms with Crippen LogP contribution < -0.4 is 10.4 Å². The number of nitrogens with zero attached hydrogens (tertiary/aromatic N) is 2. The van der Waals surface area contributed by atoms with Gasteiger partial charge in [-0.2, -0.15) is 4.73 Å². The molecule has 0 saturated heterocycles. The molecule has 0 unspecified atom stereocenters. The van der Waals surface area contributed by atoms with Gasteiger partial charge in [0, 0.05) is 6.42 Å². The Labute approximate surface area is 74.3 Å². The van der Waals surface area contributed by atoms with Crippen molar-refractivity contribution in [3.63, 3.8) is 0 Å². The molecule has 0 atom stereocenters. The molecule has 0 aliphatic carbocycles. The van der Waals surface area contributed by atoms with Crippen molar-refractivity contribution in [1.29, 1.82) is 0 Å². The molecule has 8 heteroatoms. The molecular formula is C5H10N3O4P. The van der Waals surface area contributed by atoms with E-state index in [1.165, 1.54) is 12.5 Å². The smallest absolute Gasteiger partial charge is 0.330 e. The third kappa shape index (κ3) is 3.16. The maximum absolute atomic E-state index is 10.4. The fourth-order valence-electron chi connectivity index (χ4n) is 0.822. The van der Waals surface area contributed by atoms with E-state index in [4.69, 9.17) is 15.5 Å². The van der Waals surface area contributed by atoms with E-state index in [0.29, 0.717) is 18.7 Å². The molecule has 0 fully saturated rings. The van der Waals surface area contributed by atoms with E-state index in [2.05, 4.69) is 9.61 Å². The van der Waals surface area contributed by atoms with Crippen LogP contribution in [0, 0.1) is 0 Å². The van der Waals surface area contributed by atoms with Crippen LogP contribution in [0.25, 0.3) is 0 Å². The molecule has 0 aliphatic rings. The monoisotopic (exact) mass is 207 g/mol. The number of nitrogens with two attached hydrogens (primary N) is 1. The first-order valence-electron chi connectivity index (χ1n) is 3.50. The van der Waals surface area contributed by atoms with Crippen LogP contribution in [0.15, 0.2) is 12.5 Å². The third-order valence-electron chi connectivity index (χ3n) is 1.27. The van der Waals surface area contributed by atoms with Crippen molar-refractivity contribution in [3.05, 3.63) is 18.2 Å². The lowest BCUT2D eigenvalue weighted by atomic mass is 10.3. The Morgan fingerprint density at radius 3 is 2.92 bits per heavy atom. The highest BCUT2D eigenvalue weighted by Crippen LogP contribution is 2.31. The van der Waals surface area contributed by atoms with Crippen LogP contribution in [0.4, 0.5) is 0 Å². The van der Waals surface area contributed by atoms with Gasteiger partial charge in [-0.3, -0.25) is 9.79 Å². The van der Waals surface area contributed by atoms with Crippen molar-refractivity contribution in [3.8, 4) is 0 Å². The van der Waals surface area contributed by atoms with Crippen LogP contribution in [0.3, 0.4) is 0 Å². The van der Waals surface area contributed by atoms with E-state index >= 15 is 0 Å². The summed E-state index contributed by atoms with van der Waals surface area (Å²) in [6.45, 7) is 0.357. The molecule has 1 heterocycles. The van der Waals surface area contributed by atoms with Gasteiger partial charge in [-0.25, -0.2) is 9.55 Å². The largest absolute Gasteiger partial charge is 0.543 e. The maximum atomic E-state index is 10.4. The molecule has 4 N–H and O–H groups in total. The van der Waals surface area contributed by atoms with Gasteiger partial charge < -0.3 is 10.4 Å². The summed E-state index contributed by atoms with van der Waals surface area (Å²) in [6, 6.07) is 0. The number of hydrogen-bond acceptors (Lipinski definition) is 4. The Morgan fingerprint density at radius 2 is 2.38 bits per heavy atom. The molecule has 0 saturated carbocycles. The summed E-state index contributed by atoms with van der Waals surface area (Å²) in [7, 11) is -4.52. The molecule has 7 nitrogen and oxygen atoms in total.